The Labute approximate surface area is 191 Å². The monoisotopic (exact) mass is 437 g/mol. The van der Waals surface area contributed by atoms with Crippen molar-refractivity contribution >= 4 is 27.8 Å². The van der Waals surface area contributed by atoms with Gasteiger partial charge in [-0.3, -0.25) is 0 Å². The Morgan fingerprint density at radius 2 is 1.97 bits per heavy atom. The highest BCUT2D eigenvalue weighted by Crippen LogP contribution is 2.33. The van der Waals surface area contributed by atoms with Gasteiger partial charge >= 0.3 is 0 Å². The van der Waals surface area contributed by atoms with E-state index in [0.717, 1.165) is 68.3 Å². The zero-order valence-corrected chi connectivity index (χ0v) is 18.5. The van der Waals surface area contributed by atoms with Gasteiger partial charge < -0.3 is 19.4 Å². The minimum Gasteiger partial charge on any atom is -0.497 e. The number of H-pyrrole nitrogens is 1. The summed E-state index contributed by atoms with van der Waals surface area (Å²) in [6.07, 6.45) is 3.82. The van der Waals surface area contributed by atoms with E-state index in [1.165, 1.54) is 0 Å². The number of aromatic amines is 1. The van der Waals surface area contributed by atoms with Crippen molar-refractivity contribution in [1.29, 1.82) is 0 Å². The van der Waals surface area contributed by atoms with Crippen LogP contribution in [0.4, 0.5) is 5.82 Å². The molecule has 1 N–H and O–H groups in total. The van der Waals surface area contributed by atoms with Crippen LogP contribution in [0.5, 0.6) is 11.5 Å². The quantitative estimate of drug-likeness (QED) is 0.433. The van der Waals surface area contributed by atoms with E-state index in [1.807, 2.05) is 43.6 Å². The van der Waals surface area contributed by atoms with Gasteiger partial charge in [-0.15, -0.1) is 0 Å². The molecule has 0 fully saturated rings. The minimum absolute atomic E-state index is 0.587. The summed E-state index contributed by atoms with van der Waals surface area (Å²) in [7, 11) is 1.67. The van der Waals surface area contributed by atoms with Gasteiger partial charge in [-0.2, -0.15) is 0 Å². The smallest absolute Gasteiger partial charge is 0.140 e. The Morgan fingerprint density at radius 3 is 2.88 bits per heavy atom. The zero-order valence-electron chi connectivity index (χ0n) is 18.5. The molecule has 6 rings (SSSR count). The third-order valence-corrected chi connectivity index (χ3v) is 6.07. The van der Waals surface area contributed by atoms with Gasteiger partial charge in [0.05, 0.1) is 19.2 Å². The van der Waals surface area contributed by atoms with Crippen LogP contribution in [0.3, 0.4) is 0 Å². The highest BCUT2D eigenvalue weighted by molar-refractivity contribution is 5.90. The summed E-state index contributed by atoms with van der Waals surface area (Å²) in [5, 5.41) is 2.10. The van der Waals surface area contributed by atoms with Crippen LogP contribution < -0.4 is 14.4 Å². The lowest BCUT2D eigenvalue weighted by Crippen LogP contribution is -2.26. The van der Waals surface area contributed by atoms with Crippen LogP contribution in [-0.2, 0) is 6.54 Å². The van der Waals surface area contributed by atoms with E-state index in [-0.39, 0.29) is 0 Å². The van der Waals surface area contributed by atoms with Gasteiger partial charge in [-0.25, -0.2) is 15.0 Å². The highest BCUT2D eigenvalue weighted by Gasteiger charge is 2.20. The van der Waals surface area contributed by atoms with Crippen LogP contribution in [0, 0.1) is 6.92 Å². The first-order chi connectivity index (χ1) is 16.2. The van der Waals surface area contributed by atoms with E-state index in [2.05, 4.69) is 44.1 Å². The first kappa shape index (κ1) is 19.5. The van der Waals surface area contributed by atoms with Crippen molar-refractivity contribution in [2.24, 2.45) is 0 Å². The number of aryl methyl sites for hydroxylation is 1. The largest absolute Gasteiger partial charge is 0.497 e. The molecule has 7 heteroatoms. The molecule has 0 saturated heterocycles. The Bertz CT molecular complexity index is 1490. The topological polar surface area (TPSA) is 76.2 Å². The van der Waals surface area contributed by atoms with Gasteiger partial charge in [0.15, 0.2) is 0 Å². The maximum Gasteiger partial charge on any atom is 0.140 e. The molecule has 2 aromatic carbocycles. The molecule has 1 aliphatic rings. The first-order valence-corrected chi connectivity index (χ1v) is 10.9. The number of rotatable bonds is 3. The second kappa shape index (κ2) is 7.78. The molecule has 1 aliphatic heterocycles. The molecular formula is C26H23N5O2. The number of fused-ring (bicyclic) bond motifs is 3. The van der Waals surface area contributed by atoms with Crippen LogP contribution in [0.25, 0.3) is 33.1 Å². The van der Waals surface area contributed by atoms with Crippen molar-refractivity contribution < 1.29 is 9.47 Å². The predicted octanol–water partition coefficient (Wildman–Crippen LogP) is 4.89. The molecule has 5 aromatic rings. The summed E-state index contributed by atoms with van der Waals surface area (Å²) < 4.78 is 11.5. The minimum atomic E-state index is 0.587. The Hall–Kier alpha value is -4.13. The van der Waals surface area contributed by atoms with Gasteiger partial charge in [-0.05, 0) is 48.9 Å². The van der Waals surface area contributed by atoms with Crippen molar-refractivity contribution in [3.8, 4) is 22.6 Å². The number of methoxy groups -OCH3 is 1. The fourth-order valence-corrected chi connectivity index (χ4v) is 4.43. The van der Waals surface area contributed by atoms with Crippen LogP contribution in [-0.4, -0.2) is 40.2 Å². The summed E-state index contributed by atoms with van der Waals surface area (Å²) in [5.41, 5.74) is 5.09. The second-order valence-corrected chi connectivity index (χ2v) is 8.21. The molecular weight excluding hydrogens is 414 g/mol. The Morgan fingerprint density at radius 1 is 1.03 bits per heavy atom. The van der Waals surface area contributed by atoms with Crippen molar-refractivity contribution in [3.63, 3.8) is 0 Å². The molecule has 0 amide bonds. The van der Waals surface area contributed by atoms with Crippen LogP contribution in [0.15, 0.2) is 60.9 Å². The summed E-state index contributed by atoms with van der Waals surface area (Å²) in [4.78, 5) is 19.4. The molecule has 7 nitrogen and oxygen atoms in total. The van der Waals surface area contributed by atoms with Crippen LogP contribution >= 0.6 is 0 Å². The van der Waals surface area contributed by atoms with Crippen molar-refractivity contribution in [1.82, 2.24) is 19.9 Å². The van der Waals surface area contributed by atoms with Gasteiger partial charge in [0.1, 0.15) is 35.4 Å². The van der Waals surface area contributed by atoms with Crippen LogP contribution in [0.2, 0.25) is 0 Å². The van der Waals surface area contributed by atoms with Crippen LogP contribution in [0.1, 0.15) is 11.4 Å². The normalized spacial score (nSPS) is 13.6. The fourth-order valence-electron chi connectivity index (χ4n) is 4.43. The predicted molar refractivity (Wildman–Crippen MR) is 129 cm³/mol. The van der Waals surface area contributed by atoms with Gasteiger partial charge in [0, 0.05) is 46.9 Å². The standard InChI is InChI=1S/C26H23N5O2/c1-16-29-23-13-21(32-2)4-5-22(23)26(30-16)31-9-10-33-24-6-3-17(11-20(24)15-31)19-12-18-7-8-27-25(18)28-14-19/h3-8,11-14H,9-10,15H2,1-2H3,(H,27,28). The summed E-state index contributed by atoms with van der Waals surface area (Å²) in [6, 6.07) is 16.5. The van der Waals surface area contributed by atoms with Crippen molar-refractivity contribution in [2.75, 3.05) is 25.2 Å². The SMILES string of the molecule is COc1ccc2c(N3CCOc4ccc(-c5cnc6[nH]ccc6c5)cc4C3)nc(C)nc2c1. The second-order valence-electron chi connectivity index (χ2n) is 8.21. The number of hydrogen-bond donors (Lipinski definition) is 1. The number of anilines is 1. The summed E-state index contributed by atoms with van der Waals surface area (Å²) in [5.74, 6) is 3.34. The number of aromatic nitrogens is 4. The first-order valence-electron chi connectivity index (χ1n) is 10.9. The van der Waals surface area contributed by atoms with E-state index < -0.39 is 0 Å². The molecule has 0 aliphatic carbocycles. The van der Waals surface area contributed by atoms with Gasteiger partial charge in [-0.1, -0.05) is 6.07 Å². The number of pyridine rings is 1. The van der Waals surface area contributed by atoms with Gasteiger partial charge in [0.25, 0.3) is 0 Å². The van der Waals surface area contributed by atoms with E-state index in [1.54, 1.807) is 7.11 Å². The summed E-state index contributed by atoms with van der Waals surface area (Å²) >= 11 is 0. The fraction of sp³-hybridized carbons (Fsp3) is 0.192. The highest BCUT2D eigenvalue weighted by atomic mass is 16.5. The molecule has 0 bridgehead atoms. The molecule has 0 radical (unpaired) electrons. The number of nitrogens with zero attached hydrogens (tertiary/aromatic N) is 4. The zero-order chi connectivity index (χ0) is 22.4. The van der Waals surface area contributed by atoms with Crippen molar-refractivity contribution in [3.05, 3.63) is 72.3 Å². The third kappa shape index (κ3) is 3.51. The maximum atomic E-state index is 6.10. The number of nitrogens with one attached hydrogen (secondary N) is 1. The summed E-state index contributed by atoms with van der Waals surface area (Å²) in [6.45, 7) is 3.94. The van der Waals surface area contributed by atoms with E-state index in [0.29, 0.717) is 13.2 Å². The molecule has 164 valence electrons. The maximum absolute atomic E-state index is 6.10. The molecule has 0 unspecified atom stereocenters. The lowest BCUT2D eigenvalue weighted by atomic mass is 10.0. The Kier molecular flexibility index (Phi) is 4.61. The number of benzene rings is 2. The lowest BCUT2D eigenvalue weighted by molar-refractivity contribution is 0.331. The number of hydrogen-bond acceptors (Lipinski definition) is 6. The Balaban J connectivity index is 1.40. The molecule has 33 heavy (non-hydrogen) atoms. The van der Waals surface area contributed by atoms with Gasteiger partial charge in [0.2, 0.25) is 0 Å². The van der Waals surface area contributed by atoms with E-state index in [9.17, 15) is 0 Å². The molecule has 0 atom stereocenters. The third-order valence-electron chi connectivity index (χ3n) is 6.07. The molecule has 0 spiro atoms. The lowest BCUT2D eigenvalue weighted by Gasteiger charge is -2.23. The molecule has 3 aromatic heterocycles. The molecule has 0 saturated carbocycles. The average Bonchev–Trinajstić information content (AvgIpc) is 3.20. The van der Waals surface area contributed by atoms with Crippen molar-refractivity contribution in [2.45, 2.75) is 13.5 Å². The van der Waals surface area contributed by atoms with E-state index >= 15 is 0 Å². The average molecular weight is 438 g/mol. The number of ether oxygens (including phenoxy) is 2. The molecule has 4 heterocycles. The van der Waals surface area contributed by atoms with E-state index in [4.69, 9.17) is 14.5 Å².